The minimum atomic E-state index is 0.114. The maximum atomic E-state index is 2.72. The molecular formula is C43H64. The highest BCUT2D eigenvalue weighted by Gasteiger charge is 2.44. The molecule has 236 valence electrons. The van der Waals surface area contributed by atoms with Gasteiger partial charge in [0.2, 0.25) is 0 Å². The summed E-state index contributed by atoms with van der Waals surface area (Å²) >= 11 is 0. The van der Waals surface area contributed by atoms with E-state index in [2.05, 4.69) is 104 Å². The average molecular weight is 581 g/mol. The molecule has 0 saturated carbocycles. The third-order valence-electron chi connectivity index (χ3n) is 11.6. The zero-order valence-corrected chi connectivity index (χ0v) is 29.4. The quantitative estimate of drug-likeness (QED) is 0.131. The molecule has 0 amide bonds. The Bertz CT molecular complexity index is 1300. The second-order valence-corrected chi connectivity index (χ2v) is 15.2. The normalized spacial score (nSPS) is 14.3. The number of unbranched alkanes of at least 4 members (excludes halogenated alkanes) is 10. The van der Waals surface area contributed by atoms with Gasteiger partial charge in [0.15, 0.2) is 0 Å². The fourth-order valence-corrected chi connectivity index (χ4v) is 7.80. The second-order valence-electron chi connectivity index (χ2n) is 15.2. The van der Waals surface area contributed by atoms with E-state index in [1.165, 1.54) is 118 Å². The molecular weight excluding hydrogens is 516 g/mol. The maximum Gasteiger partial charge on any atom is 0.0215 e. The van der Waals surface area contributed by atoms with Crippen LogP contribution in [0.3, 0.4) is 0 Å². The minimum absolute atomic E-state index is 0.114. The second kappa shape index (κ2) is 14.8. The molecule has 43 heavy (non-hydrogen) atoms. The highest BCUT2D eigenvalue weighted by molar-refractivity contribution is 6.04. The molecule has 4 rings (SSSR count). The van der Waals surface area contributed by atoms with Crippen molar-refractivity contribution in [3.8, 4) is 11.1 Å². The predicted octanol–water partition coefficient (Wildman–Crippen LogP) is 14.0. The number of rotatable bonds is 18. The molecule has 0 nitrogen and oxygen atoms in total. The van der Waals surface area contributed by atoms with Gasteiger partial charge >= 0.3 is 0 Å². The lowest BCUT2D eigenvalue weighted by Crippen LogP contribution is -2.27. The molecule has 0 aromatic heterocycles. The van der Waals surface area contributed by atoms with E-state index in [9.17, 15) is 0 Å². The van der Waals surface area contributed by atoms with Crippen LogP contribution in [0.15, 0.2) is 48.5 Å². The van der Waals surface area contributed by atoms with Crippen LogP contribution in [0, 0.1) is 0 Å². The van der Waals surface area contributed by atoms with Crippen LogP contribution in [0.2, 0.25) is 0 Å². The van der Waals surface area contributed by atoms with Crippen molar-refractivity contribution in [3.05, 3.63) is 70.8 Å². The molecule has 0 heteroatoms. The number of benzene rings is 3. The Hall–Kier alpha value is -2.08. The van der Waals surface area contributed by atoms with Crippen LogP contribution in [0.4, 0.5) is 0 Å². The third-order valence-corrected chi connectivity index (χ3v) is 11.6. The van der Waals surface area contributed by atoms with E-state index in [-0.39, 0.29) is 16.2 Å². The maximum absolute atomic E-state index is 2.72. The largest absolute Gasteiger partial charge is 0.0654 e. The fraction of sp³-hybridized carbons (Fsp3) is 0.628. The van der Waals surface area contributed by atoms with E-state index in [0.29, 0.717) is 0 Å². The van der Waals surface area contributed by atoms with Gasteiger partial charge in [-0.2, -0.15) is 0 Å². The summed E-state index contributed by atoms with van der Waals surface area (Å²) in [6, 6.07) is 19.8. The van der Waals surface area contributed by atoms with E-state index in [0.717, 1.165) is 6.42 Å². The van der Waals surface area contributed by atoms with Crippen molar-refractivity contribution in [2.75, 3.05) is 0 Å². The Morgan fingerprint density at radius 3 is 1.63 bits per heavy atom. The molecule has 1 aliphatic rings. The van der Waals surface area contributed by atoms with E-state index in [1.807, 2.05) is 0 Å². The lowest BCUT2D eigenvalue weighted by molar-refractivity contribution is 0.395. The fourth-order valence-electron chi connectivity index (χ4n) is 7.80. The van der Waals surface area contributed by atoms with E-state index in [4.69, 9.17) is 0 Å². The first-order valence-corrected chi connectivity index (χ1v) is 18.4. The molecule has 0 spiro atoms. The molecule has 0 N–H and O–H groups in total. The monoisotopic (exact) mass is 581 g/mol. The Morgan fingerprint density at radius 1 is 0.535 bits per heavy atom. The number of hydrogen-bond donors (Lipinski definition) is 0. The summed E-state index contributed by atoms with van der Waals surface area (Å²) in [7, 11) is 0. The summed E-state index contributed by atoms with van der Waals surface area (Å²) in [5.41, 5.74) is 9.92. The number of fused-ring (bicyclic) bond motifs is 5. The van der Waals surface area contributed by atoms with Gasteiger partial charge in [0.05, 0.1) is 0 Å². The first-order chi connectivity index (χ1) is 20.7. The molecule has 0 aliphatic heterocycles. The summed E-state index contributed by atoms with van der Waals surface area (Å²) in [4.78, 5) is 0. The van der Waals surface area contributed by atoms with E-state index in [1.54, 1.807) is 22.3 Å². The molecule has 0 fully saturated rings. The van der Waals surface area contributed by atoms with Gasteiger partial charge in [-0.3, -0.25) is 0 Å². The molecule has 0 unspecified atom stereocenters. The summed E-state index contributed by atoms with van der Waals surface area (Å²) in [5, 5.41) is 2.94. The van der Waals surface area contributed by atoms with Gasteiger partial charge in [-0.1, -0.05) is 181 Å². The molecule has 0 saturated heterocycles. The van der Waals surface area contributed by atoms with Crippen LogP contribution in [0.5, 0.6) is 0 Å². The molecule has 3 aromatic carbocycles. The predicted molar refractivity (Wildman–Crippen MR) is 193 cm³/mol. The van der Waals surface area contributed by atoms with Crippen molar-refractivity contribution < 1.29 is 0 Å². The summed E-state index contributed by atoms with van der Waals surface area (Å²) in [6.45, 7) is 19.2. The minimum Gasteiger partial charge on any atom is -0.0654 e. The highest BCUT2D eigenvalue weighted by atomic mass is 14.5. The summed E-state index contributed by atoms with van der Waals surface area (Å²) in [5.74, 6) is 0. The number of hydrogen-bond acceptors (Lipinski definition) is 0. The highest BCUT2D eigenvalue weighted by Crippen LogP contribution is 2.58. The van der Waals surface area contributed by atoms with Crippen molar-refractivity contribution in [3.63, 3.8) is 0 Å². The van der Waals surface area contributed by atoms with Crippen molar-refractivity contribution in [2.45, 2.75) is 174 Å². The Morgan fingerprint density at radius 2 is 1.07 bits per heavy atom. The van der Waals surface area contributed by atoms with Gasteiger partial charge in [0.25, 0.3) is 0 Å². The lowest BCUT2D eigenvalue weighted by Gasteiger charge is -2.36. The standard InChI is InChI=1S/C43H64/c1-9-13-15-17-19-23-29-43(30-24-20-18-16-14-10-2)38-31-33(41(5,6)11-3)27-28-36(38)40-35-26-22-21-25-34(35)37(32-39(40)43)42(7,8)12-4/h21-22,25-28,31-32H,9-20,23-24,29-30H2,1-8H3. The first-order valence-electron chi connectivity index (χ1n) is 18.4. The zero-order valence-electron chi connectivity index (χ0n) is 29.4. The molecule has 0 radical (unpaired) electrons. The SMILES string of the molecule is CCCCCCCCC1(CCCCCCCC)c2cc(C(C)(C)CC)ccc2-c2c1cc(C(C)(C)CC)c1ccccc21. The van der Waals surface area contributed by atoms with Crippen LogP contribution in [0.25, 0.3) is 21.9 Å². The Balaban J connectivity index is 1.92. The van der Waals surface area contributed by atoms with Crippen LogP contribution in [-0.4, -0.2) is 0 Å². The van der Waals surface area contributed by atoms with Gasteiger partial charge in [-0.25, -0.2) is 0 Å². The zero-order chi connectivity index (χ0) is 31.1. The van der Waals surface area contributed by atoms with Crippen LogP contribution < -0.4 is 0 Å². The average Bonchev–Trinajstić information content (AvgIpc) is 3.29. The topological polar surface area (TPSA) is 0 Å². The molecule has 0 atom stereocenters. The molecule has 3 aromatic rings. The van der Waals surface area contributed by atoms with Gasteiger partial charge in [0, 0.05) is 5.41 Å². The van der Waals surface area contributed by atoms with Crippen molar-refractivity contribution in [1.82, 2.24) is 0 Å². The molecule has 1 aliphatic carbocycles. The van der Waals surface area contributed by atoms with Crippen LogP contribution >= 0.6 is 0 Å². The van der Waals surface area contributed by atoms with Gasteiger partial charge < -0.3 is 0 Å². The summed E-state index contributed by atoms with van der Waals surface area (Å²) < 4.78 is 0. The summed E-state index contributed by atoms with van der Waals surface area (Å²) in [6.07, 6.45) is 21.2. The Labute approximate surface area is 266 Å². The van der Waals surface area contributed by atoms with Crippen molar-refractivity contribution in [1.29, 1.82) is 0 Å². The van der Waals surface area contributed by atoms with Crippen LogP contribution in [0.1, 0.15) is 180 Å². The first kappa shape index (κ1) is 33.8. The van der Waals surface area contributed by atoms with E-state index >= 15 is 0 Å². The van der Waals surface area contributed by atoms with Crippen molar-refractivity contribution >= 4 is 10.8 Å². The van der Waals surface area contributed by atoms with Gasteiger partial charge in [-0.15, -0.1) is 0 Å². The third kappa shape index (κ3) is 7.10. The van der Waals surface area contributed by atoms with E-state index < -0.39 is 0 Å². The lowest BCUT2D eigenvalue weighted by atomic mass is 9.68. The van der Waals surface area contributed by atoms with Gasteiger partial charge in [-0.05, 0) is 80.7 Å². The Kier molecular flexibility index (Phi) is 11.6. The molecule has 0 heterocycles. The van der Waals surface area contributed by atoms with Crippen LogP contribution in [-0.2, 0) is 16.2 Å². The van der Waals surface area contributed by atoms with Gasteiger partial charge in [0.1, 0.15) is 0 Å². The molecule has 0 bridgehead atoms. The smallest absolute Gasteiger partial charge is 0.0215 e. The van der Waals surface area contributed by atoms with Crippen molar-refractivity contribution in [2.24, 2.45) is 0 Å².